The summed E-state index contributed by atoms with van der Waals surface area (Å²) in [6, 6.07) is 10.2. The molecule has 1 aromatic carbocycles. The Hall–Kier alpha value is -1.81. The first-order chi connectivity index (χ1) is 10.0. The molecule has 0 aliphatic heterocycles. The van der Waals surface area contributed by atoms with E-state index in [1.54, 1.807) is 7.11 Å². The number of imidazole rings is 1. The number of hydrogen-bond donors (Lipinski definition) is 1. The van der Waals surface area contributed by atoms with Gasteiger partial charge in [-0.1, -0.05) is 51.1 Å². The summed E-state index contributed by atoms with van der Waals surface area (Å²) in [5, 5.41) is 0. The van der Waals surface area contributed by atoms with Crippen LogP contribution in [0.3, 0.4) is 0 Å². The molecule has 2 aromatic rings. The lowest BCUT2D eigenvalue weighted by molar-refractivity contribution is 0.183. The maximum Gasteiger partial charge on any atom is 0.141 e. The van der Waals surface area contributed by atoms with Gasteiger partial charge in [0.05, 0.1) is 12.3 Å². The molecule has 21 heavy (non-hydrogen) atoms. The van der Waals surface area contributed by atoms with E-state index in [2.05, 4.69) is 37.5 Å². The molecule has 0 spiro atoms. The Balaban J connectivity index is 2.49. The van der Waals surface area contributed by atoms with Gasteiger partial charge in [-0.2, -0.15) is 0 Å². The van der Waals surface area contributed by atoms with Gasteiger partial charge >= 0.3 is 0 Å². The molecular formula is C17H25N3O. The second-order valence-electron chi connectivity index (χ2n) is 5.93. The van der Waals surface area contributed by atoms with E-state index >= 15 is 0 Å². The normalized spacial score (nSPS) is 12.8. The highest BCUT2D eigenvalue weighted by atomic mass is 16.5. The fraction of sp³-hybridized carbons (Fsp3) is 0.471. The topological polar surface area (TPSA) is 53.1 Å². The zero-order chi connectivity index (χ0) is 15.4. The molecule has 0 saturated heterocycles. The summed E-state index contributed by atoms with van der Waals surface area (Å²) in [7, 11) is 1.70. The van der Waals surface area contributed by atoms with Gasteiger partial charge in [0, 0.05) is 25.1 Å². The van der Waals surface area contributed by atoms with E-state index < -0.39 is 0 Å². The summed E-state index contributed by atoms with van der Waals surface area (Å²) in [5.41, 5.74) is 8.39. The van der Waals surface area contributed by atoms with Crippen LogP contribution in [0.1, 0.15) is 32.4 Å². The summed E-state index contributed by atoms with van der Waals surface area (Å²) in [6.07, 6.45) is 0. The Labute approximate surface area is 127 Å². The van der Waals surface area contributed by atoms with E-state index in [0.717, 1.165) is 29.4 Å². The Morgan fingerprint density at radius 3 is 2.43 bits per heavy atom. The largest absolute Gasteiger partial charge is 0.384 e. The van der Waals surface area contributed by atoms with Crippen LogP contribution in [0.2, 0.25) is 0 Å². The molecule has 0 bridgehead atoms. The average molecular weight is 287 g/mol. The molecule has 1 unspecified atom stereocenters. The van der Waals surface area contributed by atoms with E-state index in [0.29, 0.717) is 12.5 Å². The van der Waals surface area contributed by atoms with Crippen molar-refractivity contribution in [3.63, 3.8) is 0 Å². The molecule has 114 valence electrons. The monoisotopic (exact) mass is 287 g/mol. The smallest absolute Gasteiger partial charge is 0.141 e. The lowest BCUT2D eigenvalue weighted by Crippen LogP contribution is -2.11. The van der Waals surface area contributed by atoms with Crippen LogP contribution in [-0.2, 0) is 11.3 Å². The van der Waals surface area contributed by atoms with Gasteiger partial charge in [0.1, 0.15) is 11.6 Å². The number of nitrogens with zero attached hydrogens (tertiary/aromatic N) is 2. The van der Waals surface area contributed by atoms with Gasteiger partial charge in [0.25, 0.3) is 0 Å². The lowest BCUT2D eigenvalue weighted by atomic mass is 10.1. The van der Waals surface area contributed by atoms with E-state index in [4.69, 9.17) is 15.5 Å². The number of aromatic nitrogens is 2. The molecule has 0 radical (unpaired) electrons. The van der Waals surface area contributed by atoms with Gasteiger partial charge in [0.2, 0.25) is 0 Å². The molecule has 1 heterocycles. The third kappa shape index (κ3) is 3.45. The lowest BCUT2D eigenvalue weighted by Gasteiger charge is -2.13. The standard InChI is InChI=1S/C17H25N3O/c1-12(2)10-20-16(18)15(13(3)11-21-4)19-17(20)14-8-6-5-7-9-14/h5-9,12-13H,10-11,18H2,1-4H3. The zero-order valence-electron chi connectivity index (χ0n) is 13.3. The van der Waals surface area contributed by atoms with Crippen molar-refractivity contribution in [2.45, 2.75) is 33.2 Å². The van der Waals surface area contributed by atoms with Crippen molar-refractivity contribution in [2.24, 2.45) is 5.92 Å². The highest BCUT2D eigenvalue weighted by molar-refractivity contribution is 5.61. The summed E-state index contributed by atoms with van der Waals surface area (Å²) in [6.45, 7) is 7.95. The summed E-state index contributed by atoms with van der Waals surface area (Å²) >= 11 is 0. The Morgan fingerprint density at radius 2 is 1.86 bits per heavy atom. The molecule has 4 nitrogen and oxygen atoms in total. The van der Waals surface area contributed by atoms with Crippen LogP contribution in [0.25, 0.3) is 11.4 Å². The number of hydrogen-bond acceptors (Lipinski definition) is 3. The quantitative estimate of drug-likeness (QED) is 0.884. The predicted molar refractivity (Wildman–Crippen MR) is 87.2 cm³/mol. The first-order valence-electron chi connectivity index (χ1n) is 7.44. The molecule has 1 aromatic heterocycles. The van der Waals surface area contributed by atoms with Crippen LogP contribution < -0.4 is 5.73 Å². The second-order valence-corrected chi connectivity index (χ2v) is 5.93. The van der Waals surface area contributed by atoms with Crippen LogP contribution in [0.15, 0.2) is 30.3 Å². The number of nitrogen functional groups attached to an aromatic ring is 1. The maximum absolute atomic E-state index is 6.37. The van der Waals surface area contributed by atoms with Crippen molar-refractivity contribution in [1.29, 1.82) is 0 Å². The third-order valence-electron chi connectivity index (χ3n) is 3.50. The number of ether oxygens (including phenoxy) is 1. The Morgan fingerprint density at radius 1 is 1.19 bits per heavy atom. The zero-order valence-corrected chi connectivity index (χ0v) is 13.3. The van der Waals surface area contributed by atoms with E-state index in [1.807, 2.05) is 18.2 Å². The Bertz CT molecular complexity index is 575. The number of rotatable bonds is 6. The third-order valence-corrected chi connectivity index (χ3v) is 3.50. The molecular weight excluding hydrogens is 262 g/mol. The molecule has 0 aliphatic rings. The minimum absolute atomic E-state index is 0.186. The second kappa shape index (κ2) is 6.76. The van der Waals surface area contributed by atoms with Crippen molar-refractivity contribution in [3.8, 4) is 11.4 Å². The van der Waals surface area contributed by atoms with Crippen LogP contribution in [0.4, 0.5) is 5.82 Å². The fourth-order valence-corrected chi connectivity index (χ4v) is 2.53. The van der Waals surface area contributed by atoms with Crippen molar-refractivity contribution in [2.75, 3.05) is 19.5 Å². The summed E-state index contributed by atoms with van der Waals surface area (Å²) in [4.78, 5) is 4.81. The maximum atomic E-state index is 6.37. The Kier molecular flexibility index (Phi) is 5.02. The van der Waals surface area contributed by atoms with Crippen LogP contribution >= 0.6 is 0 Å². The fourth-order valence-electron chi connectivity index (χ4n) is 2.53. The molecule has 2 rings (SSSR count). The number of nitrogens with two attached hydrogens (primary N) is 1. The van der Waals surface area contributed by atoms with E-state index in [-0.39, 0.29) is 5.92 Å². The van der Waals surface area contributed by atoms with Crippen LogP contribution in [0, 0.1) is 5.92 Å². The van der Waals surface area contributed by atoms with Gasteiger partial charge in [-0.15, -0.1) is 0 Å². The number of benzene rings is 1. The molecule has 0 amide bonds. The van der Waals surface area contributed by atoms with Gasteiger partial charge in [-0.05, 0) is 5.92 Å². The number of methoxy groups -OCH3 is 1. The molecule has 2 N–H and O–H groups in total. The van der Waals surface area contributed by atoms with Gasteiger partial charge in [-0.3, -0.25) is 0 Å². The van der Waals surface area contributed by atoms with Crippen LogP contribution in [-0.4, -0.2) is 23.3 Å². The van der Waals surface area contributed by atoms with Crippen molar-refractivity contribution in [1.82, 2.24) is 9.55 Å². The van der Waals surface area contributed by atoms with Gasteiger partial charge < -0.3 is 15.0 Å². The predicted octanol–water partition coefficient (Wildman–Crippen LogP) is 3.54. The van der Waals surface area contributed by atoms with Crippen molar-refractivity contribution >= 4 is 5.82 Å². The summed E-state index contributed by atoms with van der Waals surface area (Å²) < 4.78 is 7.37. The first-order valence-corrected chi connectivity index (χ1v) is 7.44. The molecule has 4 heteroatoms. The van der Waals surface area contributed by atoms with E-state index in [9.17, 15) is 0 Å². The first kappa shape index (κ1) is 15.6. The minimum atomic E-state index is 0.186. The molecule has 1 atom stereocenters. The molecule has 0 saturated carbocycles. The average Bonchev–Trinajstić information content (AvgIpc) is 2.77. The number of anilines is 1. The molecule has 0 fully saturated rings. The highest BCUT2D eigenvalue weighted by Crippen LogP contribution is 2.29. The highest BCUT2D eigenvalue weighted by Gasteiger charge is 2.20. The van der Waals surface area contributed by atoms with Gasteiger partial charge in [0.15, 0.2) is 0 Å². The minimum Gasteiger partial charge on any atom is -0.384 e. The SMILES string of the molecule is COCC(C)c1nc(-c2ccccc2)n(CC(C)C)c1N. The van der Waals surface area contributed by atoms with E-state index in [1.165, 1.54) is 0 Å². The summed E-state index contributed by atoms with van der Waals surface area (Å²) in [5.74, 6) is 2.40. The van der Waals surface area contributed by atoms with Crippen molar-refractivity contribution in [3.05, 3.63) is 36.0 Å². The van der Waals surface area contributed by atoms with Gasteiger partial charge in [-0.25, -0.2) is 4.98 Å². The van der Waals surface area contributed by atoms with Crippen molar-refractivity contribution < 1.29 is 4.74 Å². The van der Waals surface area contributed by atoms with Crippen LogP contribution in [0.5, 0.6) is 0 Å². The molecule has 0 aliphatic carbocycles.